The van der Waals surface area contributed by atoms with Crippen molar-refractivity contribution >= 4 is 17.5 Å². The topological polar surface area (TPSA) is 38.3 Å². The zero-order valence-corrected chi connectivity index (χ0v) is 8.25. The highest BCUT2D eigenvalue weighted by Crippen LogP contribution is 2.19. The number of nitrogens with one attached hydrogen (secondary N) is 1. The van der Waals surface area contributed by atoms with Gasteiger partial charge in [-0.05, 0) is 17.7 Å². The van der Waals surface area contributed by atoms with Gasteiger partial charge < -0.3 is 10.1 Å². The standard InChI is InChI=1S/C10H10ClNO2/c11-8-3-1-2-7(4-8)9-5-14-6-10(13)12-9/h1-4,9H,5-6H2,(H,12,13)/t9-/m1/s1. The van der Waals surface area contributed by atoms with Crippen LogP contribution in [-0.2, 0) is 9.53 Å². The number of benzene rings is 1. The van der Waals surface area contributed by atoms with Gasteiger partial charge in [0.05, 0.1) is 12.6 Å². The van der Waals surface area contributed by atoms with E-state index < -0.39 is 0 Å². The minimum absolute atomic E-state index is 0.0741. The van der Waals surface area contributed by atoms with Crippen LogP contribution in [0.3, 0.4) is 0 Å². The van der Waals surface area contributed by atoms with Gasteiger partial charge in [-0.15, -0.1) is 0 Å². The SMILES string of the molecule is O=C1COC[C@H](c2cccc(Cl)c2)N1. The molecule has 0 bridgehead atoms. The molecule has 1 aromatic rings. The third-order valence-corrected chi connectivity index (χ3v) is 2.34. The van der Waals surface area contributed by atoms with Crippen molar-refractivity contribution in [2.45, 2.75) is 6.04 Å². The Kier molecular flexibility index (Phi) is 2.70. The van der Waals surface area contributed by atoms with Crippen LogP contribution in [0, 0.1) is 0 Å². The van der Waals surface area contributed by atoms with Crippen molar-refractivity contribution in [3.05, 3.63) is 34.9 Å². The number of rotatable bonds is 1. The number of amides is 1. The van der Waals surface area contributed by atoms with E-state index in [1.54, 1.807) is 6.07 Å². The first-order chi connectivity index (χ1) is 6.75. The van der Waals surface area contributed by atoms with Crippen LogP contribution >= 0.6 is 11.6 Å². The van der Waals surface area contributed by atoms with Crippen molar-refractivity contribution in [2.75, 3.05) is 13.2 Å². The predicted octanol–water partition coefficient (Wildman–Crippen LogP) is 1.53. The number of carbonyl (C=O) groups excluding carboxylic acids is 1. The zero-order chi connectivity index (χ0) is 9.97. The lowest BCUT2D eigenvalue weighted by Gasteiger charge is -2.23. The maximum absolute atomic E-state index is 11.1. The molecule has 1 N–H and O–H groups in total. The van der Waals surface area contributed by atoms with E-state index in [2.05, 4.69) is 5.32 Å². The molecule has 2 rings (SSSR count). The first-order valence-electron chi connectivity index (χ1n) is 4.38. The number of hydrogen-bond acceptors (Lipinski definition) is 2. The Balaban J connectivity index is 2.17. The molecule has 14 heavy (non-hydrogen) atoms. The van der Waals surface area contributed by atoms with Crippen molar-refractivity contribution in [2.24, 2.45) is 0 Å². The molecule has 0 spiro atoms. The lowest BCUT2D eigenvalue weighted by Crippen LogP contribution is -2.39. The van der Waals surface area contributed by atoms with Gasteiger partial charge in [0.1, 0.15) is 6.61 Å². The van der Waals surface area contributed by atoms with E-state index in [0.717, 1.165) is 5.56 Å². The maximum Gasteiger partial charge on any atom is 0.246 e. The monoisotopic (exact) mass is 211 g/mol. The van der Waals surface area contributed by atoms with Gasteiger partial charge in [0.15, 0.2) is 0 Å². The Labute approximate surface area is 87.0 Å². The Morgan fingerprint density at radius 3 is 3.07 bits per heavy atom. The van der Waals surface area contributed by atoms with Gasteiger partial charge in [0.25, 0.3) is 0 Å². The molecule has 0 unspecified atom stereocenters. The van der Waals surface area contributed by atoms with Gasteiger partial charge in [-0.2, -0.15) is 0 Å². The van der Waals surface area contributed by atoms with Gasteiger partial charge >= 0.3 is 0 Å². The average Bonchev–Trinajstić information content (AvgIpc) is 2.18. The lowest BCUT2D eigenvalue weighted by molar-refractivity contribution is -0.131. The smallest absolute Gasteiger partial charge is 0.246 e. The minimum Gasteiger partial charge on any atom is -0.369 e. The fraction of sp³-hybridized carbons (Fsp3) is 0.300. The van der Waals surface area contributed by atoms with Crippen molar-refractivity contribution in [3.8, 4) is 0 Å². The molecule has 1 aliphatic rings. The summed E-state index contributed by atoms with van der Waals surface area (Å²) in [5, 5.41) is 3.51. The summed E-state index contributed by atoms with van der Waals surface area (Å²) in [6.07, 6.45) is 0. The van der Waals surface area contributed by atoms with E-state index in [4.69, 9.17) is 16.3 Å². The molecule has 3 nitrogen and oxygen atoms in total. The number of halogens is 1. The quantitative estimate of drug-likeness (QED) is 0.765. The predicted molar refractivity (Wildman–Crippen MR) is 53.2 cm³/mol. The zero-order valence-electron chi connectivity index (χ0n) is 7.50. The first kappa shape index (κ1) is 9.49. The Hall–Kier alpha value is -1.06. The number of morpholine rings is 1. The summed E-state index contributed by atoms with van der Waals surface area (Å²) in [5.41, 5.74) is 0.977. The summed E-state index contributed by atoms with van der Waals surface area (Å²) in [6.45, 7) is 0.656. The summed E-state index contributed by atoms with van der Waals surface area (Å²) >= 11 is 5.85. The van der Waals surface area contributed by atoms with E-state index >= 15 is 0 Å². The molecule has 0 radical (unpaired) electrons. The van der Waals surface area contributed by atoms with Crippen LogP contribution in [0.15, 0.2) is 24.3 Å². The van der Waals surface area contributed by atoms with Gasteiger partial charge in [0, 0.05) is 5.02 Å². The second kappa shape index (κ2) is 3.98. The highest BCUT2D eigenvalue weighted by atomic mass is 35.5. The molecule has 1 amide bonds. The second-order valence-corrected chi connectivity index (χ2v) is 3.63. The largest absolute Gasteiger partial charge is 0.369 e. The molecule has 1 saturated heterocycles. The van der Waals surface area contributed by atoms with E-state index in [1.165, 1.54) is 0 Å². The van der Waals surface area contributed by atoms with Crippen LogP contribution in [0.25, 0.3) is 0 Å². The van der Waals surface area contributed by atoms with Gasteiger partial charge in [-0.3, -0.25) is 4.79 Å². The maximum atomic E-state index is 11.1. The van der Waals surface area contributed by atoms with Gasteiger partial charge in [0.2, 0.25) is 5.91 Å². The fourth-order valence-corrected chi connectivity index (χ4v) is 1.65. The third kappa shape index (κ3) is 2.05. The molecule has 0 aliphatic carbocycles. The van der Waals surface area contributed by atoms with Gasteiger partial charge in [-0.1, -0.05) is 23.7 Å². The summed E-state index contributed by atoms with van der Waals surface area (Å²) < 4.78 is 5.13. The van der Waals surface area contributed by atoms with Crippen molar-refractivity contribution in [3.63, 3.8) is 0 Å². The molecule has 0 saturated carbocycles. The number of carbonyl (C=O) groups is 1. The molecule has 0 aromatic heterocycles. The summed E-state index contributed by atoms with van der Waals surface area (Å²) in [7, 11) is 0. The highest BCUT2D eigenvalue weighted by molar-refractivity contribution is 6.30. The highest BCUT2D eigenvalue weighted by Gasteiger charge is 2.19. The Morgan fingerprint density at radius 1 is 1.50 bits per heavy atom. The number of ether oxygens (including phenoxy) is 1. The van der Waals surface area contributed by atoms with Crippen LogP contribution < -0.4 is 5.32 Å². The molecule has 74 valence electrons. The fourth-order valence-electron chi connectivity index (χ4n) is 1.45. The first-order valence-corrected chi connectivity index (χ1v) is 4.76. The molecule has 1 atom stereocenters. The van der Waals surface area contributed by atoms with Crippen LogP contribution in [0.1, 0.15) is 11.6 Å². The number of hydrogen-bond donors (Lipinski definition) is 1. The Morgan fingerprint density at radius 2 is 2.36 bits per heavy atom. The molecule has 1 aliphatic heterocycles. The van der Waals surface area contributed by atoms with Crippen LogP contribution in [-0.4, -0.2) is 19.1 Å². The molecule has 1 fully saturated rings. The minimum atomic E-state index is -0.0822. The van der Waals surface area contributed by atoms with Crippen molar-refractivity contribution < 1.29 is 9.53 Å². The molecule has 1 aromatic carbocycles. The summed E-state index contributed by atoms with van der Waals surface area (Å²) in [5.74, 6) is -0.0822. The van der Waals surface area contributed by atoms with Crippen LogP contribution in [0.2, 0.25) is 5.02 Å². The average molecular weight is 212 g/mol. The third-order valence-electron chi connectivity index (χ3n) is 2.10. The second-order valence-electron chi connectivity index (χ2n) is 3.19. The van der Waals surface area contributed by atoms with E-state index in [1.807, 2.05) is 18.2 Å². The van der Waals surface area contributed by atoms with Crippen molar-refractivity contribution in [1.82, 2.24) is 5.32 Å². The molecular weight excluding hydrogens is 202 g/mol. The molecule has 4 heteroatoms. The summed E-state index contributed by atoms with van der Waals surface area (Å²) in [6, 6.07) is 7.34. The summed E-state index contributed by atoms with van der Waals surface area (Å²) in [4.78, 5) is 11.1. The normalized spacial score (nSPS) is 21.8. The van der Waals surface area contributed by atoms with Crippen LogP contribution in [0.4, 0.5) is 0 Å². The van der Waals surface area contributed by atoms with E-state index in [-0.39, 0.29) is 18.6 Å². The Bertz CT molecular complexity index is 354. The lowest BCUT2D eigenvalue weighted by atomic mass is 10.1. The molecule has 1 heterocycles. The van der Waals surface area contributed by atoms with E-state index in [0.29, 0.717) is 11.6 Å². The molecular formula is C10H10ClNO2. The van der Waals surface area contributed by atoms with Crippen molar-refractivity contribution in [1.29, 1.82) is 0 Å². The van der Waals surface area contributed by atoms with Gasteiger partial charge in [-0.25, -0.2) is 0 Å². The van der Waals surface area contributed by atoms with E-state index in [9.17, 15) is 4.79 Å². The van der Waals surface area contributed by atoms with Crippen LogP contribution in [0.5, 0.6) is 0 Å².